The van der Waals surface area contributed by atoms with Gasteiger partial charge in [0.05, 0.1) is 10.2 Å². The second-order valence-corrected chi connectivity index (χ2v) is 9.85. The zero-order valence-electron chi connectivity index (χ0n) is 18.8. The number of nitrogens with zero attached hydrogens (tertiary/aromatic N) is 4. The van der Waals surface area contributed by atoms with E-state index in [9.17, 15) is 0 Å². The average molecular weight is 459 g/mol. The van der Waals surface area contributed by atoms with Crippen molar-refractivity contribution in [3.05, 3.63) is 65.6 Å². The number of hydrogen-bond acceptors (Lipinski definition) is 7. The third-order valence-electron chi connectivity index (χ3n) is 6.26. The molecule has 3 N–H and O–H groups in total. The molecule has 3 heterocycles. The molecule has 0 radical (unpaired) electrons. The molecule has 1 fully saturated rings. The van der Waals surface area contributed by atoms with E-state index in [-0.39, 0.29) is 0 Å². The molecule has 1 aliphatic carbocycles. The van der Waals surface area contributed by atoms with E-state index in [1.54, 1.807) is 0 Å². The summed E-state index contributed by atoms with van der Waals surface area (Å²) < 4.78 is 1.09. The van der Waals surface area contributed by atoms with Crippen LogP contribution in [0.2, 0.25) is 0 Å². The van der Waals surface area contributed by atoms with Crippen LogP contribution in [0.1, 0.15) is 43.2 Å². The second-order valence-electron chi connectivity index (χ2n) is 8.78. The molecule has 3 aromatic rings. The van der Waals surface area contributed by atoms with Crippen LogP contribution in [0.15, 0.2) is 54.5 Å². The second kappa shape index (κ2) is 10.3. The molecule has 0 spiro atoms. The van der Waals surface area contributed by atoms with E-state index in [0.717, 1.165) is 33.5 Å². The zero-order chi connectivity index (χ0) is 22.5. The fourth-order valence-corrected chi connectivity index (χ4v) is 5.21. The Labute approximate surface area is 199 Å². The Bertz CT molecular complexity index is 1170. The van der Waals surface area contributed by atoms with Crippen LogP contribution >= 0.6 is 11.3 Å². The SMILES string of the molecule is Nc1nc2ccc(/C=C/c3cnc(NC4=CCC(CCCN5CCCC5)C=C4)nc3)cc2s1. The highest BCUT2D eigenvalue weighted by atomic mass is 32.1. The molecule has 1 unspecified atom stereocenters. The summed E-state index contributed by atoms with van der Waals surface area (Å²) in [6.45, 7) is 3.84. The third-order valence-corrected chi connectivity index (χ3v) is 7.11. The topological polar surface area (TPSA) is 80.0 Å². The molecule has 0 amide bonds. The summed E-state index contributed by atoms with van der Waals surface area (Å²) in [6.07, 6.45) is 20.9. The number of allylic oxidation sites excluding steroid dienone is 3. The zero-order valence-corrected chi connectivity index (χ0v) is 19.6. The van der Waals surface area contributed by atoms with Crippen LogP contribution in [0.5, 0.6) is 0 Å². The highest BCUT2D eigenvalue weighted by Gasteiger charge is 2.13. The van der Waals surface area contributed by atoms with Crippen LogP contribution in [-0.4, -0.2) is 39.5 Å². The standard InChI is InChI=1S/C26H30N6S/c27-25-31-23-12-9-20(16-24(23)33-25)5-6-21-17-28-26(29-18-21)30-22-10-7-19(8-11-22)4-3-15-32-13-1-2-14-32/h5-7,9-12,16-19H,1-4,8,13-15H2,(H2,27,31)(H,28,29,30)/b6-5+. The normalized spacial score (nSPS) is 18.9. The van der Waals surface area contributed by atoms with Crippen LogP contribution in [0.4, 0.5) is 11.1 Å². The maximum Gasteiger partial charge on any atom is 0.227 e. The van der Waals surface area contributed by atoms with E-state index < -0.39 is 0 Å². The number of fused-ring (bicyclic) bond motifs is 1. The molecule has 2 aliphatic rings. The minimum Gasteiger partial charge on any atom is -0.375 e. The van der Waals surface area contributed by atoms with E-state index in [0.29, 0.717) is 17.0 Å². The molecule has 7 heteroatoms. The number of nitrogens with two attached hydrogens (primary N) is 1. The first kappa shape index (κ1) is 21.8. The molecule has 1 aliphatic heterocycles. The molecule has 2 aromatic heterocycles. The van der Waals surface area contributed by atoms with Crippen LogP contribution in [-0.2, 0) is 0 Å². The molecule has 33 heavy (non-hydrogen) atoms. The van der Waals surface area contributed by atoms with Gasteiger partial charge in [0.2, 0.25) is 5.95 Å². The van der Waals surface area contributed by atoms with E-state index in [1.807, 2.05) is 30.6 Å². The molecule has 1 saturated heterocycles. The first-order valence-corrected chi connectivity index (χ1v) is 12.6. The largest absolute Gasteiger partial charge is 0.375 e. The van der Waals surface area contributed by atoms with Crippen molar-refractivity contribution in [2.24, 2.45) is 5.92 Å². The van der Waals surface area contributed by atoms with E-state index in [4.69, 9.17) is 5.73 Å². The summed E-state index contributed by atoms with van der Waals surface area (Å²) in [4.78, 5) is 15.8. The minimum atomic E-state index is 0.596. The monoisotopic (exact) mass is 458 g/mol. The van der Waals surface area contributed by atoms with Crippen molar-refractivity contribution in [3.8, 4) is 0 Å². The molecule has 0 bridgehead atoms. The van der Waals surface area contributed by atoms with Gasteiger partial charge in [-0.1, -0.05) is 41.7 Å². The number of benzene rings is 1. The van der Waals surface area contributed by atoms with Crippen molar-refractivity contribution < 1.29 is 0 Å². The fraction of sp³-hybridized carbons (Fsp3) is 0.346. The molecule has 170 valence electrons. The van der Waals surface area contributed by atoms with Crippen molar-refractivity contribution in [3.63, 3.8) is 0 Å². The lowest BCUT2D eigenvalue weighted by atomic mass is 9.94. The number of hydrogen-bond donors (Lipinski definition) is 2. The summed E-state index contributed by atoms with van der Waals surface area (Å²) >= 11 is 1.50. The van der Waals surface area contributed by atoms with Gasteiger partial charge >= 0.3 is 0 Å². The summed E-state index contributed by atoms with van der Waals surface area (Å²) in [5.41, 5.74) is 9.86. The van der Waals surface area contributed by atoms with Crippen LogP contribution in [0.25, 0.3) is 22.4 Å². The third kappa shape index (κ3) is 5.86. The molecular weight excluding hydrogens is 428 g/mol. The fourth-order valence-electron chi connectivity index (χ4n) is 4.43. The Morgan fingerprint density at radius 2 is 1.94 bits per heavy atom. The maximum atomic E-state index is 5.79. The van der Waals surface area contributed by atoms with E-state index in [2.05, 4.69) is 55.5 Å². The number of nitrogen functional groups attached to an aromatic ring is 1. The van der Waals surface area contributed by atoms with Crippen molar-refractivity contribution >= 4 is 44.8 Å². The quantitative estimate of drug-likeness (QED) is 0.458. The van der Waals surface area contributed by atoms with Crippen LogP contribution < -0.4 is 11.1 Å². The van der Waals surface area contributed by atoms with Gasteiger partial charge in [-0.3, -0.25) is 0 Å². The van der Waals surface area contributed by atoms with Gasteiger partial charge in [-0.25, -0.2) is 15.0 Å². The predicted molar refractivity (Wildman–Crippen MR) is 139 cm³/mol. The molecule has 1 atom stereocenters. The summed E-state index contributed by atoms with van der Waals surface area (Å²) in [5.74, 6) is 1.27. The van der Waals surface area contributed by atoms with Crippen molar-refractivity contribution in [1.82, 2.24) is 19.9 Å². The van der Waals surface area contributed by atoms with Crippen LogP contribution in [0.3, 0.4) is 0 Å². The Morgan fingerprint density at radius 1 is 1.12 bits per heavy atom. The molecule has 0 saturated carbocycles. The Balaban J connectivity index is 1.10. The Hall–Kier alpha value is -3.03. The summed E-state index contributed by atoms with van der Waals surface area (Å²) in [6, 6.07) is 6.13. The molecular formula is C26H30N6S. The van der Waals surface area contributed by atoms with Gasteiger partial charge in [0, 0.05) is 23.7 Å². The van der Waals surface area contributed by atoms with Gasteiger partial charge in [0.25, 0.3) is 0 Å². The number of thiazole rings is 1. The number of rotatable bonds is 8. The number of nitrogens with one attached hydrogen (secondary N) is 1. The van der Waals surface area contributed by atoms with Gasteiger partial charge in [-0.15, -0.1) is 0 Å². The number of likely N-dealkylation sites (tertiary alicyclic amines) is 1. The smallest absolute Gasteiger partial charge is 0.227 e. The molecule has 6 nitrogen and oxygen atoms in total. The maximum absolute atomic E-state index is 5.79. The van der Waals surface area contributed by atoms with Gasteiger partial charge in [0.1, 0.15) is 0 Å². The minimum absolute atomic E-state index is 0.596. The Morgan fingerprint density at radius 3 is 2.73 bits per heavy atom. The van der Waals surface area contributed by atoms with E-state index in [1.165, 1.54) is 56.7 Å². The Kier molecular flexibility index (Phi) is 6.79. The van der Waals surface area contributed by atoms with Gasteiger partial charge in [-0.2, -0.15) is 0 Å². The lowest BCUT2D eigenvalue weighted by Crippen LogP contribution is -2.21. The molecule has 5 rings (SSSR count). The van der Waals surface area contributed by atoms with Crippen LogP contribution in [0, 0.1) is 5.92 Å². The van der Waals surface area contributed by atoms with Crippen molar-refractivity contribution in [2.75, 3.05) is 30.7 Å². The van der Waals surface area contributed by atoms with Crippen molar-refractivity contribution in [2.45, 2.75) is 32.1 Å². The lowest BCUT2D eigenvalue weighted by Gasteiger charge is -2.19. The first-order valence-electron chi connectivity index (χ1n) is 11.8. The average Bonchev–Trinajstić information content (AvgIpc) is 3.48. The molecule has 1 aromatic carbocycles. The van der Waals surface area contributed by atoms with Gasteiger partial charge in [-0.05, 0) is 81.4 Å². The predicted octanol–water partition coefficient (Wildman–Crippen LogP) is 5.59. The van der Waals surface area contributed by atoms with Gasteiger partial charge in [0.15, 0.2) is 5.13 Å². The van der Waals surface area contributed by atoms with Crippen molar-refractivity contribution in [1.29, 1.82) is 0 Å². The highest BCUT2D eigenvalue weighted by Crippen LogP contribution is 2.25. The highest BCUT2D eigenvalue weighted by molar-refractivity contribution is 7.22. The number of anilines is 2. The van der Waals surface area contributed by atoms with Gasteiger partial charge < -0.3 is 16.0 Å². The lowest BCUT2D eigenvalue weighted by molar-refractivity contribution is 0.322. The number of aromatic nitrogens is 3. The summed E-state index contributed by atoms with van der Waals surface area (Å²) in [5, 5.41) is 3.92. The summed E-state index contributed by atoms with van der Waals surface area (Å²) in [7, 11) is 0. The van der Waals surface area contributed by atoms with E-state index >= 15 is 0 Å². The first-order chi connectivity index (χ1) is 16.2.